The minimum absolute atomic E-state index is 0.0772. The molecule has 0 fully saturated rings. The van der Waals surface area contributed by atoms with Crippen LogP contribution in [0.4, 0.5) is 10.6 Å². The Morgan fingerprint density at radius 3 is 2.73 bits per heavy atom. The zero-order valence-corrected chi connectivity index (χ0v) is 13.2. The number of aromatic nitrogens is 2. The fourth-order valence-corrected chi connectivity index (χ4v) is 2.04. The number of aryl methyl sites for hydroxylation is 1. The molecule has 2 N–H and O–H groups in total. The van der Waals surface area contributed by atoms with Crippen LogP contribution in [0.25, 0.3) is 0 Å². The number of amides is 2. The monoisotopic (exact) mass is 302 g/mol. The number of nitrogens with one attached hydrogen (secondary N) is 1. The van der Waals surface area contributed by atoms with E-state index in [1.54, 1.807) is 18.7 Å². The van der Waals surface area contributed by atoms with Crippen LogP contribution in [-0.4, -0.2) is 45.5 Å². The average Bonchev–Trinajstić information content (AvgIpc) is 2.86. The summed E-state index contributed by atoms with van der Waals surface area (Å²) in [6.07, 6.45) is 0. The van der Waals surface area contributed by atoms with Gasteiger partial charge in [0.15, 0.2) is 0 Å². The van der Waals surface area contributed by atoms with E-state index >= 15 is 0 Å². The Balaban J connectivity index is 2.13. The number of hydrogen-bond acceptors (Lipinski definition) is 3. The largest absolute Gasteiger partial charge is 0.394 e. The number of likely N-dealkylation sites (N-methyl/N-ethyl adjacent to an activating group) is 1. The molecule has 118 valence electrons. The van der Waals surface area contributed by atoms with Crippen molar-refractivity contribution in [1.29, 1.82) is 0 Å². The summed E-state index contributed by atoms with van der Waals surface area (Å²) < 4.78 is 1.76. The SMILES string of the molecule is Cc1cc(NC(=O)N(C)C(C)CO)n(Cc2ccccc2)n1. The van der Waals surface area contributed by atoms with Gasteiger partial charge in [-0.05, 0) is 19.4 Å². The summed E-state index contributed by atoms with van der Waals surface area (Å²) in [7, 11) is 1.65. The summed E-state index contributed by atoms with van der Waals surface area (Å²) in [5.74, 6) is 0.642. The molecular formula is C16H22N4O2. The molecule has 2 aromatic rings. The van der Waals surface area contributed by atoms with E-state index in [0.717, 1.165) is 11.3 Å². The molecule has 0 radical (unpaired) electrons. The molecule has 6 heteroatoms. The third-order valence-electron chi connectivity index (χ3n) is 3.56. The van der Waals surface area contributed by atoms with Gasteiger partial charge < -0.3 is 10.0 Å². The van der Waals surface area contributed by atoms with Gasteiger partial charge in [0.25, 0.3) is 0 Å². The summed E-state index contributed by atoms with van der Waals surface area (Å²) in [5, 5.41) is 16.4. The molecule has 1 heterocycles. The molecule has 0 aliphatic heterocycles. The van der Waals surface area contributed by atoms with Crippen LogP contribution < -0.4 is 5.32 Å². The van der Waals surface area contributed by atoms with Crippen molar-refractivity contribution in [2.45, 2.75) is 26.4 Å². The van der Waals surface area contributed by atoms with Crippen molar-refractivity contribution in [2.24, 2.45) is 0 Å². The van der Waals surface area contributed by atoms with Crippen LogP contribution in [0.3, 0.4) is 0 Å². The smallest absolute Gasteiger partial charge is 0.323 e. The molecule has 22 heavy (non-hydrogen) atoms. The first-order valence-electron chi connectivity index (χ1n) is 7.24. The topological polar surface area (TPSA) is 70.4 Å². The molecule has 0 aliphatic carbocycles. The molecular weight excluding hydrogens is 280 g/mol. The summed E-state index contributed by atoms with van der Waals surface area (Å²) in [5.41, 5.74) is 1.95. The molecule has 2 amide bonds. The predicted molar refractivity (Wildman–Crippen MR) is 85.8 cm³/mol. The number of nitrogens with zero attached hydrogens (tertiary/aromatic N) is 3. The van der Waals surface area contributed by atoms with Crippen molar-refractivity contribution < 1.29 is 9.90 Å². The molecule has 0 saturated carbocycles. The fourth-order valence-electron chi connectivity index (χ4n) is 2.04. The predicted octanol–water partition coefficient (Wildman–Crippen LogP) is 2.08. The highest BCUT2D eigenvalue weighted by Gasteiger charge is 2.17. The first-order chi connectivity index (χ1) is 10.5. The van der Waals surface area contributed by atoms with Crippen LogP contribution in [-0.2, 0) is 6.54 Å². The van der Waals surface area contributed by atoms with Crippen LogP contribution in [0.15, 0.2) is 36.4 Å². The van der Waals surface area contributed by atoms with Crippen molar-refractivity contribution in [3.05, 3.63) is 47.7 Å². The molecule has 1 aromatic heterocycles. The highest BCUT2D eigenvalue weighted by Crippen LogP contribution is 2.14. The Labute approximate surface area is 130 Å². The molecule has 0 bridgehead atoms. The van der Waals surface area contributed by atoms with Crippen LogP contribution in [0.1, 0.15) is 18.2 Å². The lowest BCUT2D eigenvalue weighted by Gasteiger charge is -2.23. The van der Waals surface area contributed by atoms with Gasteiger partial charge in [-0.1, -0.05) is 30.3 Å². The van der Waals surface area contributed by atoms with Crippen LogP contribution in [0.5, 0.6) is 0 Å². The number of hydrogen-bond donors (Lipinski definition) is 2. The molecule has 2 rings (SSSR count). The molecule has 1 atom stereocenters. The first-order valence-corrected chi connectivity index (χ1v) is 7.24. The Bertz CT molecular complexity index is 624. The van der Waals surface area contributed by atoms with E-state index in [1.807, 2.05) is 43.3 Å². The average molecular weight is 302 g/mol. The summed E-state index contributed by atoms with van der Waals surface area (Å²) in [6.45, 7) is 4.18. The lowest BCUT2D eigenvalue weighted by Crippen LogP contribution is -2.40. The fraction of sp³-hybridized carbons (Fsp3) is 0.375. The second kappa shape index (κ2) is 7.09. The van der Waals surface area contributed by atoms with Crippen molar-refractivity contribution >= 4 is 11.8 Å². The highest BCUT2D eigenvalue weighted by atomic mass is 16.3. The van der Waals surface area contributed by atoms with Gasteiger partial charge in [0.1, 0.15) is 5.82 Å². The molecule has 0 aliphatic rings. The van der Waals surface area contributed by atoms with Gasteiger partial charge in [-0.25, -0.2) is 9.48 Å². The van der Waals surface area contributed by atoms with Crippen molar-refractivity contribution in [2.75, 3.05) is 19.0 Å². The molecule has 1 unspecified atom stereocenters. The maximum atomic E-state index is 12.2. The van der Waals surface area contributed by atoms with Crippen molar-refractivity contribution in [3.8, 4) is 0 Å². The maximum Gasteiger partial charge on any atom is 0.323 e. The third-order valence-corrected chi connectivity index (χ3v) is 3.56. The summed E-state index contributed by atoms with van der Waals surface area (Å²) in [6, 6.07) is 11.3. The molecule has 0 saturated heterocycles. The van der Waals surface area contributed by atoms with Crippen molar-refractivity contribution in [3.63, 3.8) is 0 Å². The van der Waals surface area contributed by atoms with Crippen LogP contribution >= 0.6 is 0 Å². The Kier molecular flexibility index (Phi) is 5.16. The highest BCUT2D eigenvalue weighted by molar-refractivity contribution is 5.88. The minimum atomic E-state index is -0.268. The number of aliphatic hydroxyl groups excluding tert-OH is 1. The first kappa shape index (κ1) is 16.0. The van der Waals surface area contributed by atoms with Gasteiger partial charge >= 0.3 is 6.03 Å². The van der Waals surface area contributed by atoms with E-state index in [-0.39, 0.29) is 18.7 Å². The van der Waals surface area contributed by atoms with Crippen LogP contribution in [0.2, 0.25) is 0 Å². The quantitative estimate of drug-likeness (QED) is 0.888. The zero-order chi connectivity index (χ0) is 16.1. The number of rotatable bonds is 5. The number of benzene rings is 1. The van der Waals surface area contributed by atoms with E-state index in [1.165, 1.54) is 4.90 Å². The maximum absolute atomic E-state index is 12.2. The number of aliphatic hydroxyl groups is 1. The van der Waals surface area contributed by atoms with E-state index < -0.39 is 0 Å². The number of urea groups is 1. The van der Waals surface area contributed by atoms with E-state index in [9.17, 15) is 4.79 Å². The number of carbonyl (C=O) groups excluding carboxylic acids is 1. The van der Waals surface area contributed by atoms with E-state index in [0.29, 0.717) is 12.4 Å². The molecule has 6 nitrogen and oxygen atoms in total. The number of anilines is 1. The zero-order valence-electron chi connectivity index (χ0n) is 13.2. The Morgan fingerprint density at radius 1 is 1.41 bits per heavy atom. The van der Waals surface area contributed by atoms with Gasteiger partial charge in [0.2, 0.25) is 0 Å². The van der Waals surface area contributed by atoms with Gasteiger partial charge in [-0.15, -0.1) is 0 Å². The molecule has 1 aromatic carbocycles. The Morgan fingerprint density at radius 2 is 2.09 bits per heavy atom. The second-order valence-corrected chi connectivity index (χ2v) is 5.39. The lowest BCUT2D eigenvalue weighted by molar-refractivity contribution is 0.166. The summed E-state index contributed by atoms with van der Waals surface area (Å²) >= 11 is 0. The minimum Gasteiger partial charge on any atom is -0.394 e. The van der Waals surface area contributed by atoms with Crippen LogP contribution in [0, 0.1) is 6.92 Å². The second-order valence-electron chi connectivity index (χ2n) is 5.39. The van der Waals surface area contributed by atoms with Gasteiger partial charge in [0, 0.05) is 13.1 Å². The van der Waals surface area contributed by atoms with E-state index in [2.05, 4.69) is 10.4 Å². The third kappa shape index (κ3) is 3.85. The van der Waals surface area contributed by atoms with Gasteiger partial charge in [-0.3, -0.25) is 5.32 Å². The molecule has 0 spiro atoms. The standard InChI is InChI=1S/C16H22N4O2/c1-12-9-15(17-16(22)19(3)13(2)11-21)20(18-12)10-14-7-5-4-6-8-14/h4-9,13,21H,10-11H2,1-3H3,(H,17,22). The normalized spacial score (nSPS) is 12.0. The Hall–Kier alpha value is -2.34. The van der Waals surface area contributed by atoms with Gasteiger partial charge in [-0.2, -0.15) is 5.10 Å². The lowest BCUT2D eigenvalue weighted by atomic mass is 10.2. The summed E-state index contributed by atoms with van der Waals surface area (Å²) in [4.78, 5) is 13.7. The van der Waals surface area contributed by atoms with Crippen molar-refractivity contribution in [1.82, 2.24) is 14.7 Å². The van der Waals surface area contributed by atoms with E-state index in [4.69, 9.17) is 5.11 Å². The number of carbonyl (C=O) groups is 1. The van der Waals surface area contributed by atoms with Gasteiger partial charge in [0.05, 0.1) is 24.9 Å².